The van der Waals surface area contributed by atoms with Crippen LogP contribution in [-0.2, 0) is 20.1 Å². The number of nitrogens with one attached hydrogen (secondary N) is 1. The summed E-state index contributed by atoms with van der Waals surface area (Å²) in [4.78, 5) is 13.5. The van der Waals surface area contributed by atoms with Crippen molar-refractivity contribution < 1.29 is 18.8 Å². The fourth-order valence-corrected chi connectivity index (χ4v) is 9.15. The fourth-order valence-electron chi connectivity index (χ4n) is 6.43. The summed E-state index contributed by atoms with van der Waals surface area (Å²) in [5.74, 6) is -0.0305. The molecule has 0 saturated heterocycles. The summed E-state index contributed by atoms with van der Waals surface area (Å²) in [6.07, 6.45) is 37.7. The summed E-state index contributed by atoms with van der Waals surface area (Å²) in [7, 11) is -4.50. The van der Waals surface area contributed by atoms with Crippen molar-refractivity contribution in [2.24, 2.45) is 0 Å². The van der Waals surface area contributed by atoms with Gasteiger partial charge in [0.1, 0.15) is 0 Å². The van der Waals surface area contributed by atoms with Crippen molar-refractivity contribution in [1.29, 1.82) is 0 Å². The SMILES string of the molecule is CCCCCC=CCC=CCC=CCC=CCCCC(=O)N[C@@H](CO)[C@H](O[Si](C)(C)C(C)(C)C)[C@H](CCCCCCCCCc1ccccc1)O[Si](C)(C)C(C)(C)C. The Hall–Kier alpha value is -2.04. The van der Waals surface area contributed by atoms with Crippen molar-refractivity contribution in [2.75, 3.05) is 6.61 Å². The molecule has 58 heavy (non-hydrogen) atoms. The van der Waals surface area contributed by atoms with E-state index in [1.54, 1.807) is 0 Å². The number of carbonyl (C=O) groups is 1. The van der Waals surface area contributed by atoms with E-state index in [2.05, 4.69) is 159 Å². The Morgan fingerprint density at radius 1 is 0.655 bits per heavy atom. The van der Waals surface area contributed by atoms with Crippen molar-refractivity contribution in [1.82, 2.24) is 5.32 Å². The Balaban J connectivity index is 2.82. The van der Waals surface area contributed by atoms with Gasteiger partial charge in [0.05, 0.1) is 24.9 Å². The van der Waals surface area contributed by atoms with Crippen LogP contribution in [-0.4, -0.2) is 52.5 Å². The van der Waals surface area contributed by atoms with E-state index in [9.17, 15) is 9.90 Å². The van der Waals surface area contributed by atoms with Gasteiger partial charge in [-0.05, 0) is 106 Å². The molecule has 0 aliphatic carbocycles. The highest BCUT2D eigenvalue weighted by Crippen LogP contribution is 2.41. The zero-order chi connectivity index (χ0) is 43.3. The maximum absolute atomic E-state index is 13.5. The van der Waals surface area contributed by atoms with Gasteiger partial charge in [0.2, 0.25) is 5.91 Å². The zero-order valence-electron chi connectivity index (χ0n) is 39.6. The summed E-state index contributed by atoms with van der Waals surface area (Å²) in [5.41, 5.74) is 1.43. The molecule has 1 amide bonds. The Labute approximate surface area is 361 Å². The molecule has 0 heterocycles. The summed E-state index contributed by atoms with van der Waals surface area (Å²) in [6.45, 7) is 24.8. The number of unbranched alkanes of at least 4 members (excludes halogenated alkanes) is 10. The van der Waals surface area contributed by atoms with Crippen molar-refractivity contribution in [2.45, 2.75) is 225 Å². The minimum atomic E-state index is -2.29. The number of amides is 1. The van der Waals surface area contributed by atoms with Gasteiger partial charge in [0, 0.05) is 6.42 Å². The smallest absolute Gasteiger partial charge is 0.220 e. The first-order chi connectivity index (χ1) is 27.4. The highest BCUT2D eigenvalue weighted by Gasteiger charge is 2.46. The fraction of sp³-hybridized carbons (Fsp3) is 0.706. The van der Waals surface area contributed by atoms with Gasteiger partial charge in [0.25, 0.3) is 0 Å². The molecule has 1 rings (SSSR count). The first-order valence-electron chi connectivity index (χ1n) is 23.3. The third-order valence-corrected chi connectivity index (χ3v) is 21.3. The maximum atomic E-state index is 13.5. The lowest BCUT2D eigenvalue weighted by Crippen LogP contribution is -2.59. The first kappa shape index (κ1) is 54.0. The van der Waals surface area contributed by atoms with E-state index in [1.165, 1.54) is 63.4 Å². The van der Waals surface area contributed by atoms with E-state index in [0.717, 1.165) is 57.8 Å². The molecule has 0 spiro atoms. The topological polar surface area (TPSA) is 67.8 Å². The molecule has 3 atom stereocenters. The standard InChI is InChI=1S/C51H91NO4Si2/c1-12-13-14-15-16-17-18-19-20-21-22-23-24-25-29-32-38-43-48(54)52-46(44-53)49(56-58(10,11)51(5,6)7)47(55-57(8,9)50(2,3)4)42-37-31-28-26-27-30-34-39-45-40-35-33-36-41-45/h16-17,19-20,22-23,25,29,33,35-36,40-41,46-47,49,53H,12-15,18,21,24,26-28,30-32,34,37-39,42-44H2,1-11H3,(H,52,54)/t46-,47-,49-/m0/s1. The van der Waals surface area contributed by atoms with E-state index in [1.807, 2.05) is 0 Å². The van der Waals surface area contributed by atoms with Crippen LogP contribution in [0.4, 0.5) is 0 Å². The van der Waals surface area contributed by atoms with E-state index < -0.39 is 28.8 Å². The molecule has 0 aliphatic rings. The van der Waals surface area contributed by atoms with Crippen molar-refractivity contribution in [3.63, 3.8) is 0 Å². The van der Waals surface area contributed by atoms with E-state index in [-0.39, 0.29) is 28.7 Å². The molecule has 1 aromatic rings. The molecule has 7 heteroatoms. The predicted molar refractivity (Wildman–Crippen MR) is 259 cm³/mol. The van der Waals surface area contributed by atoms with Crippen molar-refractivity contribution in [3.05, 3.63) is 84.5 Å². The maximum Gasteiger partial charge on any atom is 0.220 e. The highest BCUT2D eigenvalue weighted by atomic mass is 28.4. The lowest BCUT2D eigenvalue weighted by atomic mass is 9.99. The van der Waals surface area contributed by atoms with Gasteiger partial charge in [-0.15, -0.1) is 0 Å². The molecule has 1 aromatic carbocycles. The van der Waals surface area contributed by atoms with Gasteiger partial charge in [-0.3, -0.25) is 4.79 Å². The molecule has 332 valence electrons. The molecule has 0 saturated carbocycles. The quantitative estimate of drug-likeness (QED) is 0.0431. The van der Waals surface area contributed by atoms with Gasteiger partial charge in [-0.25, -0.2) is 0 Å². The summed E-state index contributed by atoms with van der Waals surface area (Å²) in [5, 5.41) is 14.1. The van der Waals surface area contributed by atoms with Gasteiger partial charge < -0.3 is 19.3 Å². The largest absolute Gasteiger partial charge is 0.411 e. The van der Waals surface area contributed by atoms with Crippen LogP contribution in [0.3, 0.4) is 0 Å². The summed E-state index contributed by atoms with van der Waals surface area (Å²) in [6, 6.07) is 10.3. The van der Waals surface area contributed by atoms with Gasteiger partial charge in [-0.2, -0.15) is 0 Å². The van der Waals surface area contributed by atoms with Crippen LogP contribution in [0.15, 0.2) is 78.9 Å². The molecule has 0 bridgehead atoms. The monoisotopic (exact) mass is 838 g/mol. The third kappa shape index (κ3) is 24.3. The molecular formula is C51H91NO4Si2. The van der Waals surface area contributed by atoms with Crippen LogP contribution in [0, 0.1) is 0 Å². The number of carbonyl (C=O) groups excluding carboxylic acids is 1. The zero-order valence-corrected chi connectivity index (χ0v) is 41.6. The first-order valence-corrected chi connectivity index (χ1v) is 29.2. The van der Waals surface area contributed by atoms with Crippen LogP contribution >= 0.6 is 0 Å². The number of aliphatic hydroxyl groups excluding tert-OH is 1. The Morgan fingerprint density at radius 2 is 1.14 bits per heavy atom. The van der Waals surface area contributed by atoms with Crippen molar-refractivity contribution in [3.8, 4) is 0 Å². The number of rotatable bonds is 32. The number of hydrogen-bond donors (Lipinski definition) is 2. The lowest BCUT2D eigenvalue weighted by Gasteiger charge is -2.47. The normalized spacial score (nSPS) is 15.0. The number of hydrogen-bond acceptors (Lipinski definition) is 4. The lowest BCUT2D eigenvalue weighted by molar-refractivity contribution is -0.123. The average Bonchev–Trinajstić information content (AvgIpc) is 3.15. The van der Waals surface area contributed by atoms with E-state index >= 15 is 0 Å². The minimum absolute atomic E-state index is 0.0234. The molecule has 2 N–H and O–H groups in total. The number of benzene rings is 1. The average molecular weight is 838 g/mol. The Morgan fingerprint density at radius 3 is 1.66 bits per heavy atom. The Kier molecular flexibility index (Phi) is 28.0. The summed E-state index contributed by atoms with van der Waals surface area (Å²) >= 11 is 0. The highest BCUT2D eigenvalue weighted by molar-refractivity contribution is 6.74. The van der Waals surface area contributed by atoms with Crippen LogP contribution in [0.25, 0.3) is 0 Å². The number of aliphatic hydroxyl groups is 1. The number of allylic oxidation sites excluding steroid dienone is 8. The molecular weight excluding hydrogens is 747 g/mol. The van der Waals surface area contributed by atoms with Crippen molar-refractivity contribution >= 4 is 22.5 Å². The Bertz CT molecular complexity index is 1310. The van der Waals surface area contributed by atoms with Crippen LogP contribution < -0.4 is 5.32 Å². The molecule has 0 aromatic heterocycles. The van der Waals surface area contributed by atoms with Crippen LogP contribution in [0.5, 0.6) is 0 Å². The van der Waals surface area contributed by atoms with Gasteiger partial charge >= 0.3 is 0 Å². The second kappa shape index (κ2) is 30.1. The molecule has 0 unspecified atom stereocenters. The molecule has 0 radical (unpaired) electrons. The second-order valence-corrected chi connectivity index (χ2v) is 29.1. The third-order valence-electron chi connectivity index (χ3n) is 12.3. The molecule has 0 fully saturated rings. The molecule has 0 aliphatic heterocycles. The van der Waals surface area contributed by atoms with Crippen LogP contribution in [0.1, 0.15) is 170 Å². The molecule has 5 nitrogen and oxygen atoms in total. The van der Waals surface area contributed by atoms with Gasteiger partial charge in [-0.1, -0.05) is 179 Å². The van der Waals surface area contributed by atoms with E-state index in [0.29, 0.717) is 6.42 Å². The van der Waals surface area contributed by atoms with Crippen LogP contribution in [0.2, 0.25) is 36.3 Å². The minimum Gasteiger partial charge on any atom is -0.411 e. The summed E-state index contributed by atoms with van der Waals surface area (Å²) < 4.78 is 14.5. The predicted octanol–water partition coefficient (Wildman–Crippen LogP) is 14.8. The number of aryl methyl sites for hydroxylation is 1. The van der Waals surface area contributed by atoms with E-state index in [4.69, 9.17) is 8.85 Å². The second-order valence-electron chi connectivity index (χ2n) is 19.6. The van der Waals surface area contributed by atoms with Gasteiger partial charge in [0.15, 0.2) is 16.6 Å².